The second-order valence-corrected chi connectivity index (χ2v) is 6.48. The number of anilines is 1. The van der Waals surface area contributed by atoms with Gasteiger partial charge in [-0.15, -0.1) is 0 Å². The Morgan fingerprint density at radius 2 is 2.28 bits per heavy atom. The van der Waals surface area contributed by atoms with Crippen molar-refractivity contribution in [1.29, 1.82) is 0 Å². The Balaban J connectivity index is 2.08. The number of hydrogen-bond donors (Lipinski definition) is 2. The minimum absolute atomic E-state index is 0.0880. The molecule has 6 nitrogen and oxygen atoms in total. The number of pyridine rings is 1. The highest BCUT2D eigenvalue weighted by molar-refractivity contribution is 7.91. The van der Waals surface area contributed by atoms with E-state index in [1.54, 1.807) is 12.1 Å². The third-order valence-corrected chi connectivity index (χ3v) is 4.59. The van der Waals surface area contributed by atoms with Gasteiger partial charge in [-0.3, -0.25) is 9.78 Å². The van der Waals surface area contributed by atoms with E-state index in [9.17, 15) is 13.2 Å². The van der Waals surface area contributed by atoms with E-state index >= 15 is 0 Å². The van der Waals surface area contributed by atoms with Gasteiger partial charge >= 0.3 is 0 Å². The predicted molar refractivity (Wildman–Crippen MR) is 68.3 cm³/mol. The van der Waals surface area contributed by atoms with Gasteiger partial charge in [-0.2, -0.15) is 0 Å². The zero-order valence-electron chi connectivity index (χ0n) is 10.0. The Labute approximate surface area is 106 Å². The molecule has 2 heterocycles. The SMILES string of the molecule is CNC(=O)c1cc(NC2CCS(=O)(=O)C2)ccn1. The van der Waals surface area contributed by atoms with Crippen LogP contribution in [-0.4, -0.2) is 43.9 Å². The zero-order valence-corrected chi connectivity index (χ0v) is 10.8. The van der Waals surface area contributed by atoms with Crippen LogP contribution in [0.25, 0.3) is 0 Å². The van der Waals surface area contributed by atoms with Crippen molar-refractivity contribution in [3.05, 3.63) is 24.0 Å². The van der Waals surface area contributed by atoms with Crippen molar-refractivity contribution >= 4 is 21.4 Å². The number of hydrogen-bond acceptors (Lipinski definition) is 5. The van der Waals surface area contributed by atoms with Crippen LogP contribution in [-0.2, 0) is 9.84 Å². The topological polar surface area (TPSA) is 88.2 Å². The maximum absolute atomic E-state index is 11.4. The fraction of sp³-hybridized carbons (Fsp3) is 0.455. The lowest BCUT2D eigenvalue weighted by molar-refractivity contribution is 0.0958. The molecule has 0 aliphatic carbocycles. The molecular weight excluding hydrogens is 254 g/mol. The van der Waals surface area contributed by atoms with Crippen LogP contribution in [0.15, 0.2) is 18.3 Å². The Morgan fingerprint density at radius 1 is 1.50 bits per heavy atom. The lowest BCUT2D eigenvalue weighted by atomic mass is 10.2. The van der Waals surface area contributed by atoms with E-state index in [2.05, 4.69) is 15.6 Å². The molecule has 98 valence electrons. The molecule has 1 aromatic rings. The summed E-state index contributed by atoms with van der Waals surface area (Å²) in [7, 11) is -1.37. The maximum Gasteiger partial charge on any atom is 0.269 e. The number of nitrogens with zero attached hydrogens (tertiary/aromatic N) is 1. The number of sulfone groups is 1. The number of amides is 1. The van der Waals surface area contributed by atoms with Crippen molar-refractivity contribution in [3.8, 4) is 0 Å². The summed E-state index contributed by atoms with van der Waals surface area (Å²) in [5, 5.41) is 5.61. The van der Waals surface area contributed by atoms with Gasteiger partial charge in [0.25, 0.3) is 5.91 Å². The fourth-order valence-electron chi connectivity index (χ4n) is 1.92. The van der Waals surface area contributed by atoms with Crippen molar-refractivity contribution < 1.29 is 13.2 Å². The molecule has 1 aromatic heterocycles. The summed E-state index contributed by atoms with van der Waals surface area (Å²) < 4.78 is 22.7. The molecule has 1 unspecified atom stereocenters. The first-order chi connectivity index (χ1) is 8.50. The molecule has 1 amide bonds. The van der Waals surface area contributed by atoms with E-state index in [4.69, 9.17) is 0 Å². The van der Waals surface area contributed by atoms with Gasteiger partial charge in [0.2, 0.25) is 0 Å². The molecule has 0 bridgehead atoms. The summed E-state index contributed by atoms with van der Waals surface area (Å²) in [4.78, 5) is 15.4. The summed E-state index contributed by atoms with van der Waals surface area (Å²) in [6.07, 6.45) is 2.12. The molecule has 2 N–H and O–H groups in total. The van der Waals surface area contributed by atoms with Crippen LogP contribution in [0, 0.1) is 0 Å². The average Bonchev–Trinajstić information content (AvgIpc) is 2.68. The minimum atomic E-state index is -2.90. The van der Waals surface area contributed by atoms with E-state index < -0.39 is 9.84 Å². The number of nitrogens with one attached hydrogen (secondary N) is 2. The molecule has 1 saturated heterocycles. The lowest BCUT2D eigenvalue weighted by Crippen LogP contribution is -2.22. The summed E-state index contributed by atoms with van der Waals surface area (Å²) in [6, 6.07) is 3.25. The highest BCUT2D eigenvalue weighted by Gasteiger charge is 2.27. The van der Waals surface area contributed by atoms with Gasteiger partial charge in [-0.25, -0.2) is 8.42 Å². The van der Waals surface area contributed by atoms with Crippen LogP contribution in [0.4, 0.5) is 5.69 Å². The number of carbonyl (C=O) groups excluding carboxylic acids is 1. The van der Waals surface area contributed by atoms with E-state index in [-0.39, 0.29) is 23.5 Å². The Bertz CT molecular complexity index is 556. The summed E-state index contributed by atoms with van der Waals surface area (Å²) in [6.45, 7) is 0. The first kappa shape index (κ1) is 12.8. The van der Waals surface area contributed by atoms with Crippen LogP contribution in [0.1, 0.15) is 16.9 Å². The fourth-order valence-corrected chi connectivity index (χ4v) is 3.59. The minimum Gasteiger partial charge on any atom is -0.381 e. The Hall–Kier alpha value is -1.63. The van der Waals surface area contributed by atoms with Gasteiger partial charge in [0, 0.05) is 25.0 Å². The van der Waals surface area contributed by atoms with Crippen LogP contribution in [0.3, 0.4) is 0 Å². The summed E-state index contributed by atoms with van der Waals surface area (Å²) in [5.74, 6) is 0.0977. The van der Waals surface area contributed by atoms with Gasteiger partial charge < -0.3 is 10.6 Å². The van der Waals surface area contributed by atoms with Crippen LogP contribution >= 0.6 is 0 Å². The number of aromatic nitrogens is 1. The lowest BCUT2D eigenvalue weighted by Gasteiger charge is -2.12. The van der Waals surface area contributed by atoms with E-state index in [1.807, 2.05) is 0 Å². The Morgan fingerprint density at radius 3 is 2.89 bits per heavy atom. The number of carbonyl (C=O) groups is 1. The molecule has 1 aliphatic heterocycles. The molecule has 1 fully saturated rings. The smallest absolute Gasteiger partial charge is 0.269 e. The van der Waals surface area contributed by atoms with Crippen molar-refractivity contribution in [2.45, 2.75) is 12.5 Å². The van der Waals surface area contributed by atoms with Gasteiger partial charge in [-0.05, 0) is 18.6 Å². The second kappa shape index (κ2) is 4.93. The van der Waals surface area contributed by atoms with Gasteiger partial charge in [0.05, 0.1) is 11.5 Å². The highest BCUT2D eigenvalue weighted by atomic mass is 32.2. The van der Waals surface area contributed by atoms with Crippen LogP contribution in [0.2, 0.25) is 0 Å². The van der Waals surface area contributed by atoms with Crippen LogP contribution < -0.4 is 10.6 Å². The molecule has 7 heteroatoms. The highest BCUT2D eigenvalue weighted by Crippen LogP contribution is 2.17. The van der Waals surface area contributed by atoms with Crippen molar-refractivity contribution in [3.63, 3.8) is 0 Å². The second-order valence-electron chi connectivity index (χ2n) is 4.25. The normalized spacial score (nSPS) is 21.5. The first-order valence-electron chi connectivity index (χ1n) is 5.65. The molecular formula is C11H15N3O3S. The molecule has 18 heavy (non-hydrogen) atoms. The van der Waals surface area contributed by atoms with Gasteiger partial charge in [-0.1, -0.05) is 0 Å². The molecule has 0 aromatic carbocycles. The van der Waals surface area contributed by atoms with Crippen molar-refractivity contribution in [2.24, 2.45) is 0 Å². The zero-order chi connectivity index (χ0) is 13.2. The van der Waals surface area contributed by atoms with E-state index in [0.29, 0.717) is 17.8 Å². The van der Waals surface area contributed by atoms with E-state index in [0.717, 1.165) is 0 Å². The van der Waals surface area contributed by atoms with Gasteiger partial charge in [0.15, 0.2) is 9.84 Å². The average molecular weight is 269 g/mol. The van der Waals surface area contributed by atoms with Crippen LogP contribution in [0.5, 0.6) is 0 Å². The predicted octanol–water partition coefficient (Wildman–Crippen LogP) is 0.0402. The summed E-state index contributed by atoms with van der Waals surface area (Å²) in [5.41, 5.74) is 1.02. The van der Waals surface area contributed by atoms with Crippen molar-refractivity contribution in [2.75, 3.05) is 23.9 Å². The molecule has 2 rings (SSSR count). The quantitative estimate of drug-likeness (QED) is 0.809. The van der Waals surface area contributed by atoms with E-state index in [1.165, 1.54) is 13.2 Å². The molecule has 0 spiro atoms. The first-order valence-corrected chi connectivity index (χ1v) is 7.47. The third kappa shape index (κ3) is 2.98. The molecule has 1 aliphatic rings. The molecule has 0 radical (unpaired) electrons. The number of rotatable bonds is 3. The monoisotopic (exact) mass is 269 g/mol. The third-order valence-electron chi connectivity index (χ3n) is 2.82. The standard InChI is InChI=1S/C11H15N3O3S/c1-12-11(15)10-6-8(2-4-13-10)14-9-3-5-18(16,17)7-9/h2,4,6,9H,3,5,7H2,1H3,(H,12,15)(H,13,14). The van der Waals surface area contributed by atoms with Gasteiger partial charge in [0.1, 0.15) is 5.69 Å². The van der Waals surface area contributed by atoms with Crippen molar-refractivity contribution in [1.82, 2.24) is 10.3 Å². The largest absolute Gasteiger partial charge is 0.381 e. The molecule has 0 saturated carbocycles. The summed E-state index contributed by atoms with van der Waals surface area (Å²) >= 11 is 0. The molecule has 1 atom stereocenters. The Kier molecular flexibility index (Phi) is 3.51. The maximum atomic E-state index is 11.4.